The van der Waals surface area contributed by atoms with E-state index in [0.717, 1.165) is 32.1 Å². The summed E-state index contributed by atoms with van der Waals surface area (Å²) < 4.78 is 9.33. The summed E-state index contributed by atoms with van der Waals surface area (Å²) in [5.74, 6) is -2.36. The average Bonchev–Trinajstić information content (AvgIpc) is 2.44. The second-order valence-electron chi connectivity index (χ2n) is 7.24. The molecule has 6 heteroatoms. The van der Waals surface area contributed by atoms with Crippen LogP contribution in [0.25, 0.3) is 0 Å². The van der Waals surface area contributed by atoms with E-state index in [1.807, 2.05) is 0 Å². The number of Topliss-reactive ketones (excluding diaryl/α,β-unsaturated/α-hetero) is 1. The Balaban J connectivity index is 1.93. The number of alkyl halides is 1. The molecule has 0 saturated heterocycles. The van der Waals surface area contributed by atoms with Gasteiger partial charge in [0.25, 0.3) is 0 Å². The number of ketones is 1. The van der Waals surface area contributed by atoms with Gasteiger partial charge in [-0.15, -0.1) is 0 Å². The van der Waals surface area contributed by atoms with Crippen LogP contribution in [0.1, 0.15) is 38.5 Å². The minimum absolute atomic E-state index is 0.0104. The van der Waals surface area contributed by atoms with Crippen LogP contribution >= 0.6 is 15.9 Å². The molecule has 122 valence electrons. The van der Waals surface area contributed by atoms with E-state index in [-0.39, 0.29) is 10.1 Å². The van der Waals surface area contributed by atoms with Crippen LogP contribution in [0.15, 0.2) is 0 Å². The Morgan fingerprint density at radius 1 is 1.00 bits per heavy atom. The van der Waals surface area contributed by atoms with Crippen molar-refractivity contribution in [1.82, 2.24) is 0 Å². The Kier molecular flexibility index (Phi) is 3.86. The third kappa shape index (κ3) is 2.39. The smallest absolute Gasteiger partial charge is 0.327 e. The lowest BCUT2D eigenvalue weighted by atomic mass is 9.47. The number of hydrogen-bond donors (Lipinski definition) is 0. The van der Waals surface area contributed by atoms with E-state index < -0.39 is 23.3 Å². The SMILES string of the molecule is COC(=O)C(C(=O)OC)C(=O)C12CC3CC(CC(Br)(C3)C1)C2. The van der Waals surface area contributed by atoms with Gasteiger partial charge in [0.15, 0.2) is 5.78 Å². The minimum atomic E-state index is -1.44. The Bertz CT molecular complexity index is 499. The molecule has 0 aromatic heterocycles. The average molecular weight is 373 g/mol. The molecule has 4 saturated carbocycles. The maximum absolute atomic E-state index is 13.1. The highest BCUT2D eigenvalue weighted by molar-refractivity contribution is 9.10. The maximum Gasteiger partial charge on any atom is 0.327 e. The first kappa shape index (κ1) is 16.0. The molecule has 2 unspecified atom stereocenters. The Labute approximate surface area is 138 Å². The fourth-order valence-electron chi connectivity index (χ4n) is 5.29. The van der Waals surface area contributed by atoms with Crippen LogP contribution < -0.4 is 0 Å². The zero-order valence-electron chi connectivity index (χ0n) is 12.9. The molecule has 5 nitrogen and oxygen atoms in total. The van der Waals surface area contributed by atoms with Gasteiger partial charge in [0.1, 0.15) is 0 Å². The quantitative estimate of drug-likeness (QED) is 0.430. The van der Waals surface area contributed by atoms with Gasteiger partial charge in [0.2, 0.25) is 5.92 Å². The number of carbonyl (C=O) groups is 3. The second kappa shape index (κ2) is 5.32. The van der Waals surface area contributed by atoms with Crippen molar-refractivity contribution in [3.8, 4) is 0 Å². The van der Waals surface area contributed by atoms with Crippen molar-refractivity contribution in [3.63, 3.8) is 0 Å². The molecular formula is C16H21BrO5. The van der Waals surface area contributed by atoms with Gasteiger partial charge < -0.3 is 9.47 Å². The Morgan fingerprint density at radius 3 is 1.91 bits per heavy atom. The normalized spacial score (nSPS) is 38.9. The molecule has 0 radical (unpaired) electrons. The molecule has 4 aliphatic rings. The van der Waals surface area contributed by atoms with E-state index in [1.165, 1.54) is 14.2 Å². The minimum Gasteiger partial charge on any atom is -0.468 e. The third-order valence-corrected chi connectivity index (χ3v) is 6.58. The summed E-state index contributed by atoms with van der Waals surface area (Å²) >= 11 is 3.83. The lowest BCUT2D eigenvalue weighted by Crippen LogP contribution is -2.58. The summed E-state index contributed by atoms with van der Waals surface area (Å²) in [6, 6.07) is 0. The van der Waals surface area contributed by atoms with Crippen LogP contribution in [0.3, 0.4) is 0 Å². The van der Waals surface area contributed by atoms with Crippen LogP contribution in [0.5, 0.6) is 0 Å². The first-order valence-corrected chi connectivity index (χ1v) is 8.51. The molecule has 2 atom stereocenters. The van der Waals surface area contributed by atoms with E-state index in [2.05, 4.69) is 25.4 Å². The van der Waals surface area contributed by atoms with Gasteiger partial charge in [-0.3, -0.25) is 14.4 Å². The van der Waals surface area contributed by atoms with E-state index >= 15 is 0 Å². The maximum atomic E-state index is 13.1. The molecule has 4 fully saturated rings. The summed E-state index contributed by atoms with van der Waals surface area (Å²) in [6.45, 7) is 0. The molecule has 0 spiro atoms. The number of ether oxygens (including phenoxy) is 2. The number of rotatable bonds is 4. The fraction of sp³-hybridized carbons (Fsp3) is 0.812. The van der Waals surface area contributed by atoms with Crippen molar-refractivity contribution in [2.24, 2.45) is 23.2 Å². The van der Waals surface area contributed by atoms with Gasteiger partial charge in [0, 0.05) is 9.74 Å². The van der Waals surface area contributed by atoms with Crippen LogP contribution in [0.4, 0.5) is 0 Å². The molecule has 4 aliphatic carbocycles. The molecule has 4 bridgehead atoms. The van der Waals surface area contributed by atoms with E-state index in [4.69, 9.17) is 0 Å². The van der Waals surface area contributed by atoms with Crippen LogP contribution in [0.2, 0.25) is 0 Å². The molecular weight excluding hydrogens is 352 g/mol. The molecule has 0 aromatic carbocycles. The number of hydrogen-bond acceptors (Lipinski definition) is 5. The van der Waals surface area contributed by atoms with Gasteiger partial charge >= 0.3 is 11.9 Å². The highest BCUT2D eigenvalue weighted by Crippen LogP contribution is 2.65. The topological polar surface area (TPSA) is 69.7 Å². The van der Waals surface area contributed by atoms with Crippen molar-refractivity contribution < 1.29 is 23.9 Å². The Morgan fingerprint density at radius 2 is 1.50 bits per heavy atom. The van der Waals surface area contributed by atoms with Gasteiger partial charge in [-0.2, -0.15) is 0 Å². The third-order valence-electron chi connectivity index (χ3n) is 5.65. The summed E-state index contributed by atoms with van der Waals surface area (Å²) in [5, 5.41) is 0. The van der Waals surface area contributed by atoms with Gasteiger partial charge in [-0.1, -0.05) is 15.9 Å². The standard InChI is InChI=1S/C16H21BrO5/c1-21-13(19)11(14(20)22-2)12(18)15-4-9-3-10(5-15)7-16(17,6-9)8-15/h9-11H,3-8H2,1-2H3. The van der Waals surface area contributed by atoms with Gasteiger partial charge in [0.05, 0.1) is 14.2 Å². The van der Waals surface area contributed by atoms with Crippen LogP contribution in [-0.4, -0.2) is 36.3 Å². The van der Waals surface area contributed by atoms with E-state index in [0.29, 0.717) is 18.3 Å². The zero-order chi connectivity index (χ0) is 16.1. The molecule has 0 aliphatic heterocycles. The molecule has 0 heterocycles. The van der Waals surface area contributed by atoms with Crippen molar-refractivity contribution in [3.05, 3.63) is 0 Å². The highest BCUT2D eigenvalue weighted by Gasteiger charge is 2.62. The summed E-state index contributed by atoms with van der Waals surface area (Å²) in [5.41, 5.74) is -0.583. The predicted molar refractivity (Wildman–Crippen MR) is 81.3 cm³/mol. The lowest BCUT2D eigenvalue weighted by molar-refractivity contribution is -0.168. The largest absolute Gasteiger partial charge is 0.468 e. The van der Waals surface area contributed by atoms with Gasteiger partial charge in [-0.25, -0.2) is 0 Å². The fourth-order valence-corrected chi connectivity index (χ4v) is 6.74. The van der Waals surface area contributed by atoms with E-state index in [1.54, 1.807) is 0 Å². The summed E-state index contributed by atoms with van der Waals surface area (Å²) in [7, 11) is 2.38. The molecule has 0 amide bonds. The molecule has 0 aromatic rings. The molecule has 4 rings (SSSR count). The Hall–Kier alpha value is -0.910. The number of halogens is 1. The van der Waals surface area contributed by atoms with Crippen LogP contribution in [0, 0.1) is 23.2 Å². The summed E-state index contributed by atoms with van der Waals surface area (Å²) in [6.07, 6.45) is 5.58. The van der Waals surface area contributed by atoms with Crippen molar-refractivity contribution in [2.45, 2.75) is 42.8 Å². The number of methoxy groups -OCH3 is 2. The lowest BCUT2D eigenvalue weighted by Gasteiger charge is -2.59. The first-order chi connectivity index (χ1) is 10.3. The monoisotopic (exact) mass is 372 g/mol. The van der Waals surface area contributed by atoms with Crippen LogP contribution in [-0.2, 0) is 23.9 Å². The zero-order valence-corrected chi connectivity index (χ0v) is 14.5. The van der Waals surface area contributed by atoms with Crippen molar-refractivity contribution in [1.29, 1.82) is 0 Å². The first-order valence-electron chi connectivity index (χ1n) is 7.71. The van der Waals surface area contributed by atoms with E-state index in [9.17, 15) is 14.4 Å². The highest BCUT2D eigenvalue weighted by atomic mass is 79.9. The van der Waals surface area contributed by atoms with Crippen molar-refractivity contribution in [2.75, 3.05) is 14.2 Å². The molecule has 22 heavy (non-hydrogen) atoms. The predicted octanol–water partition coefficient (Wildman–Crippen LogP) is 2.25. The van der Waals surface area contributed by atoms with Crippen molar-refractivity contribution >= 4 is 33.7 Å². The number of esters is 2. The van der Waals surface area contributed by atoms with Gasteiger partial charge in [-0.05, 0) is 50.4 Å². The molecule has 0 N–H and O–H groups in total. The number of carbonyl (C=O) groups excluding carboxylic acids is 3. The second-order valence-corrected chi connectivity index (χ2v) is 8.92. The summed E-state index contributed by atoms with van der Waals surface area (Å²) in [4.78, 5) is 37.1.